The number of allylic oxidation sites excluding steroid dienone is 3. The maximum absolute atomic E-state index is 12.7. The molecular formula is C24H33NO4. The van der Waals surface area contributed by atoms with E-state index in [0.717, 1.165) is 31.1 Å². The van der Waals surface area contributed by atoms with Gasteiger partial charge in [0.15, 0.2) is 5.75 Å². The lowest BCUT2D eigenvalue weighted by atomic mass is 10.1. The van der Waals surface area contributed by atoms with Gasteiger partial charge in [0.1, 0.15) is 12.4 Å². The number of hydrogen-bond donors (Lipinski definition) is 1. The molecule has 1 aromatic heterocycles. The van der Waals surface area contributed by atoms with E-state index in [2.05, 4.69) is 38.8 Å². The summed E-state index contributed by atoms with van der Waals surface area (Å²) in [6, 6.07) is 5.53. The van der Waals surface area contributed by atoms with E-state index in [0.29, 0.717) is 30.2 Å². The van der Waals surface area contributed by atoms with E-state index in [-0.39, 0.29) is 11.3 Å². The second kappa shape index (κ2) is 11.3. The molecule has 0 spiro atoms. The van der Waals surface area contributed by atoms with Crippen molar-refractivity contribution in [3.63, 3.8) is 0 Å². The number of rotatable bonds is 11. The number of hydrogen-bond acceptors (Lipinski definition) is 4. The van der Waals surface area contributed by atoms with E-state index in [9.17, 15) is 4.79 Å². The minimum atomic E-state index is -0.298. The van der Waals surface area contributed by atoms with Crippen LogP contribution in [0.5, 0.6) is 17.2 Å². The van der Waals surface area contributed by atoms with Crippen molar-refractivity contribution in [3.8, 4) is 17.2 Å². The van der Waals surface area contributed by atoms with Gasteiger partial charge >= 0.3 is 0 Å². The Hall–Kier alpha value is -2.69. The maximum atomic E-state index is 12.7. The summed E-state index contributed by atoms with van der Waals surface area (Å²) >= 11 is 0. The average Bonchev–Trinajstić information content (AvgIpc) is 2.69. The van der Waals surface area contributed by atoms with E-state index in [1.54, 1.807) is 13.2 Å². The number of H-pyrrole nitrogens is 1. The van der Waals surface area contributed by atoms with Crippen molar-refractivity contribution in [2.45, 2.75) is 53.4 Å². The molecule has 0 aliphatic rings. The largest absolute Gasteiger partial charge is 0.497 e. The summed E-state index contributed by atoms with van der Waals surface area (Å²) in [7, 11) is 1.60. The van der Waals surface area contributed by atoms with Gasteiger partial charge in [-0.25, -0.2) is 0 Å². The summed E-state index contributed by atoms with van der Waals surface area (Å²) in [4.78, 5) is 15.6. The van der Waals surface area contributed by atoms with Crippen LogP contribution in [0.1, 0.15) is 53.4 Å². The highest BCUT2D eigenvalue weighted by Crippen LogP contribution is 2.33. The lowest BCUT2D eigenvalue weighted by Gasteiger charge is -2.14. The van der Waals surface area contributed by atoms with E-state index >= 15 is 0 Å². The molecule has 158 valence electrons. The van der Waals surface area contributed by atoms with Crippen molar-refractivity contribution in [1.29, 1.82) is 0 Å². The van der Waals surface area contributed by atoms with Crippen LogP contribution >= 0.6 is 0 Å². The molecule has 0 fully saturated rings. The Bertz CT molecular complexity index is 920. The molecule has 0 aliphatic heterocycles. The minimum Gasteiger partial charge on any atom is -0.497 e. The summed E-state index contributed by atoms with van der Waals surface area (Å²) in [6.45, 7) is 9.25. The van der Waals surface area contributed by atoms with Crippen molar-refractivity contribution in [2.75, 3.05) is 20.3 Å². The smallest absolute Gasteiger partial charge is 0.294 e. The van der Waals surface area contributed by atoms with Crippen molar-refractivity contribution in [3.05, 3.63) is 51.9 Å². The molecule has 2 rings (SSSR count). The van der Waals surface area contributed by atoms with Crippen LogP contribution in [0.3, 0.4) is 0 Å². The predicted molar refractivity (Wildman–Crippen MR) is 119 cm³/mol. The zero-order valence-corrected chi connectivity index (χ0v) is 18.3. The van der Waals surface area contributed by atoms with Gasteiger partial charge in [-0.2, -0.15) is 0 Å². The van der Waals surface area contributed by atoms with Gasteiger partial charge in [-0.3, -0.25) is 4.79 Å². The zero-order valence-electron chi connectivity index (χ0n) is 18.3. The fourth-order valence-electron chi connectivity index (χ4n) is 2.91. The number of ether oxygens (including phenoxy) is 3. The van der Waals surface area contributed by atoms with E-state index in [1.165, 1.54) is 11.1 Å². The van der Waals surface area contributed by atoms with Crippen LogP contribution in [0.2, 0.25) is 0 Å². The number of fused-ring (bicyclic) bond motifs is 1. The van der Waals surface area contributed by atoms with Crippen LogP contribution < -0.4 is 19.8 Å². The van der Waals surface area contributed by atoms with Gasteiger partial charge in [0.2, 0.25) is 5.75 Å². The first kappa shape index (κ1) is 22.6. The van der Waals surface area contributed by atoms with Crippen molar-refractivity contribution >= 4 is 10.9 Å². The molecule has 0 bridgehead atoms. The number of aromatic nitrogens is 1. The lowest BCUT2D eigenvalue weighted by molar-refractivity contribution is 0.279. The highest BCUT2D eigenvalue weighted by Gasteiger charge is 2.16. The summed E-state index contributed by atoms with van der Waals surface area (Å²) in [5.41, 5.74) is 2.93. The molecule has 1 aromatic carbocycles. The molecule has 0 radical (unpaired) electrons. The molecule has 2 aromatic rings. The van der Waals surface area contributed by atoms with Gasteiger partial charge in [-0.1, -0.05) is 30.6 Å². The molecule has 0 atom stereocenters. The molecule has 0 saturated heterocycles. The standard InChI is InChI=1S/C24H33NO4/c1-6-7-14-28-22-20-12-11-19(27-5)16-21(20)25-24(26)23(22)29-15-13-18(4)10-8-9-17(2)3/h9,11-13,16H,6-8,10,14-15H2,1-5H3,(H,25,26)/b18-13+. The lowest BCUT2D eigenvalue weighted by Crippen LogP contribution is -2.14. The zero-order chi connectivity index (χ0) is 21.2. The summed E-state index contributed by atoms with van der Waals surface area (Å²) < 4.78 is 17.1. The van der Waals surface area contributed by atoms with E-state index < -0.39 is 0 Å². The van der Waals surface area contributed by atoms with Crippen LogP contribution in [-0.4, -0.2) is 25.3 Å². The first-order valence-corrected chi connectivity index (χ1v) is 10.2. The molecule has 5 heteroatoms. The van der Waals surface area contributed by atoms with Crippen LogP contribution in [0.15, 0.2) is 46.3 Å². The van der Waals surface area contributed by atoms with Crippen LogP contribution in [0.25, 0.3) is 10.9 Å². The molecule has 1 N–H and O–H groups in total. The molecule has 0 aliphatic carbocycles. The Kier molecular flexibility index (Phi) is 8.84. The molecule has 0 amide bonds. The van der Waals surface area contributed by atoms with E-state index in [4.69, 9.17) is 14.2 Å². The Morgan fingerprint density at radius 3 is 2.59 bits per heavy atom. The normalized spacial score (nSPS) is 11.4. The summed E-state index contributed by atoms with van der Waals surface area (Å²) in [6.07, 6.45) is 8.15. The second-order valence-corrected chi connectivity index (χ2v) is 7.41. The molecule has 5 nitrogen and oxygen atoms in total. The molecule has 0 saturated carbocycles. The molecular weight excluding hydrogens is 366 g/mol. The third kappa shape index (κ3) is 6.70. The van der Waals surface area contributed by atoms with Gasteiger partial charge in [0.25, 0.3) is 5.56 Å². The highest BCUT2D eigenvalue weighted by atomic mass is 16.5. The Morgan fingerprint density at radius 2 is 1.90 bits per heavy atom. The average molecular weight is 400 g/mol. The number of nitrogens with one attached hydrogen (secondary N) is 1. The first-order valence-electron chi connectivity index (χ1n) is 10.2. The van der Waals surface area contributed by atoms with Gasteiger partial charge in [-0.15, -0.1) is 0 Å². The quantitative estimate of drug-likeness (QED) is 0.384. The molecule has 0 unspecified atom stereocenters. The molecule has 1 heterocycles. The minimum absolute atomic E-state index is 0.229. The Morgan fingerprint density at radius 1 is 1.10 bits per heavy atom. The topological polar surface area (TPSA) is 60.5 Å². The van der Waals surface area contributed by atoms with Crippen LogP contribution in [0, 0.1) is 0 Å². The fourth-order valence-corrected chi connectivity index (χ4v) is 2.91. The second-order valence-electron chi connectivity index (χ2n) is 7.41. The SMILES string of the molecule is CCCCOc1c(OC/C=C(\C)CCC=C(C)C)c(=O)[nH]c2cc(OC)ccc12. The summed E-state index contributed by atoms with van der Waals surface area (Å²) in [5, 5.41) is 0.806. The monoisotopic (exact) mass is 399 g/mol. The number of benzene rings is 1. The highest BCUT2D eigenvalue weighted by molar-refractivity contribution is 5.88. The number of unbranched alkanes of at least 4 members (excludes halogenated alkanes) is 1. The summed E-state index contributed by atoms with van der Waals surface area (Å²) in [5.74, 6) is 1.40. The third-order valence-electron chi connectivity index (χ3n) is 4.63. The Labute approximate surface area is 173 Å². The van der Waals surface area contributed by atoms with Crippen molar-refractivity contribution in [2.24, 2.45) is 0 Å². The van der Waals surface area contributed by atoms with Gasteiger partial charge in [0.05, 0.1) is 19.2 Å². The fraction of sp³-hybridized carbons (Fsp3) is 0.458. The molecule has 29 heavy (non-hydrogen) atoms. The third-order valence-corrected chi connectivity index (χ3v) is 4.63. The first-order chi connectivity index (χ1) is 14.0. The predicted octanol–water partition coefficient (Wildman–Crippen LogP) is 5.79. The van der Waals surface area contributed by atoms with Crippen LogP contribution in [-0.2, 0) is 0 Å². The Balaban J connectivity index is 2.26. The van der Waals surface area contributed by atoms with Gasteiger partial charge < -0.3 is 19.2 Å². The van der Waals surface area contributed by atoms with Gasteiger partial charge in [0, 0.05) is 11.5 Å². The van der Waals surface area contributed by atoms with Crippen molar-refractivity contribution < 1.29 is 14.2 Å². The van der Waals surface area contributed by atoms with Crippen molar-refractivity contribution in [1.82, 2.24) is 4.98 Å². The number of pyridine rings is 1. The number of methoxy groups -OCH3 is 1. The van der Waals surface area contributed by atoms with Gasteiger partial charge in [-0.05, 0) is 58.2 Å². The maximum Gasteiger partial charge on any atom is 0.294 e. The van der Waals surface area contributed by atoms with E-state index in [1.807, 2.05) is 18.2 Å². The number of aromatic amines is 1. The van der Waals surface area contributed by atoms with Crippen LogP contribution in [0.4, 0.5) is 0 Å².